The summed E-state index contributed by atoms with van der Waals surface area (Å²) < 4.78 is 86.3. The summed E-state index contributed by atoms with van der Waals surface area (Å²) >= 11 is 0. The highest BCUT2D eigenvalue weighted by atomic mass is 19.4. The van der Waals surface area contributed by atoms with Gasteiger partial charge in [-0.05, 0) is 38.1 Å². The van der Waals surface area contributed by atoms with Crippen LogP contribution in [-0.2, 0) is 0 Å². The highest BCUT2D eigenvalue weighted by Gasteiger charge is 2.59. The number of methoxy groups -OCH3 is 1. The molecule has 2 aromatic rings. The van der Waals surface area contributed by atoms with Crippen LogP contribution in [-0.4, -0.2) is 53.6 Å². The van der Waals surface area contributed by atoms with E-state index >= 15 is 0 Å². The van der Waals surface area contributed by atoms with E-state index in [1.54, 1.807) is 38.1 Å². The lowest BCUT2D eigenvalue weighted by Gasteiger charge is -2.24. The number of rotatable bonds is 8. The Morgan fingerprint density at radius 2 is 1.50 bits per heavy atom. The van der Waals surface area contributed by atoms with Gasteiger partial charge in [0.1, 0.15) is 5.75 Å². The standard InChI is InChI=1S/C17H19F6N5O2/c1-4-28(5-2)14-25-13(24-10-6-8-11(29-3)9-7-10)26-15(27-14)30-12(16(18,19)20)17(21,22)23/h6-9,12H,4-5H2,1-3H3,(H,24,25,26,27). The van der Waals surface area contributed by atoms with Gasteiger partial charge in [0, 0.05) is 18.8 Å². The second kappa shape index (κ2) is 9.22. The van der Waals surface area contributed by atoms with E-state index in [0.29, 0.717) is 24.5 Å². The second-order valence-electron chi connectivity index (χ2n) is 5.85. The Balaban J connectivity index is 2.43. The van der Waals surface area contributed by atoms with Gasteiger partial charge >= 0.3 is 18.4 Å². The summed E-state index contributed by atoms with van der Waals surface area (Å²) in [7, 11) is 1.46. The fraction of sp³-hybridized carbons (Fsp3) is 0.471. The molecule has 0 aliphatic heterocycles. The number of hydrogen-bond donors (Lipinski definition) is 1. The molecule has 166 valence electrons. The molecule has 1 N–H and O–H groups in total. The van der Waals surface area contributed by atoms with Crippen molar-refractivity contribution in [3.8, 4) is 11.8 Å². The van der Waals surface area contributed by atoms with Crippen LogP contribution in [0.4, 0.5) is 43.9 Å². The Bertz CT molecular complexity index is 811. The molecule has 0 saturated heterocycles. The zero-order valence-corrected chi connectivity index (χ0v) is 16.2. The van der Waals surface area contributed by atoms with E-state index in [4.69, 9.17) is 4.74 Å². The monoisotopic (exact) mass is 439 g/mol. The maximum absolute atomic E-state index is 12.9. The van der Waals surface area contributed by atoms with Gasteiger partial charge in [-0.15, -0.1) is 0 Å². The van der Waals surface area contributed by atoms with Crippen molar-refractivity contribution in [3.63, 3.8) is 0 Å². The van der Waals surface area contributed by atoms with E-state index in [0.717, 1.165) is 0 Å². The minimum Gasteiger partial charge on any atom is -0.497 e. The Hall–Kier alpha value is -2.99. The first kappa shape index (κ1) is 23.3. The molecule has 0 fully saturated rings. The zero-order chi connectivity index (χ0) is 22.5. The van der Waals surface area contributed by atoms with Gasteiger partial charge in [-0.25, -0.2) is 0 Å². The molecule has 0 amide bonds. The third-order valence-electron chi connectivity index (χ3n) is 3.81. The molecule has 1 heterocycles. The third-order valence-corrected chi connectivity index (χ3v) is 3.81. The van der Waals surface area contributed by atoms with Gasteiger partial charge in [-0.3, -0.25) is 0 Å². The van der Waals surface area contributed by atoms with Crippen molar-refractivity contribution in [2.24, 2.45) is 0 Å². The largest absolute Gasteiger partial charge is 0.497 e. The fourth-order valence-corrected chi connectivity index (χ4v) is 2.33. The molecule has 2 rings (SSSR count). The van der Waals surface area contributed by atoms with Crippen LogP contribution in [0.1, 0.15) is 13.8 Å². The van der Waals surface area contributed by atoms with Gasteiger partial charge in [0.05, 0.1) is 7.11 Å². The van der Waals surface area contributed by atoms with Crippen LogP contribution in [0.5, 0.6) is 11.8 Å². The molecule has 1 aromatic carbocycles. The number of anilines is 3. The average molecular weight is 439 g/mol. The first-order valence-electron chi connectivity index (χ1n) is 8.70. The number of aromatic nitrogens is 3. The summed E-state index contributed by atoms with van der Waals surface area (Å²) in [6, 6.07) is 5.20. The molecule has 0 saturated carbocycles. The predicted molar refractivity (Wildman–Crippen MR) is 96.2 cm³/mol. The maximum Gasteiger partial charge on any atom is 0.434 e. The molecule has 30 heavy (non-hydrogen) atoms. The lowest BCUT2D eigenvalue weighted by Crippen LogP contribution is -2.47. The lowest BCUT2D eigenvalue weighted by atomic mass is 10.3. The summed E-state index contributed by atoms with van der Waals surface area (Å²) in [4.78, 5) is 12.8. The van der Waals surface area contributed by atoms with Crippen molar-refractivity contribution in [3.05, 3.63) is 24.3 Å². The second-order valence-corrected chi connectivity index (χ2v) is 5.85. The van der Waals surface area contributed by atoms with Crippen LogP contribution in [0, 0.1) is 0 Å². The molecule has 0 unspecified atom stereocenters. The summed E-state index contributed by atoms with van der Waals surface area (Å²) in [5, 5.41) is 2.70. The van der Waals surface area contributed by atoms with E-state index in [1.807, 2.05) is 0 Å². The quantitative estimate of drug-likeness (QED) is 0.614. The smallest absolute Gasteiger partial charge is 0.434 e. The Labute approximate surface area is 168 Å². The lowest BCUT2D eigenvalue weighted by molar-refractivity contribution is -0.301. The summed E-state index contributed by atoms with van der Waals surface area (Å²) in [5.74, 6) is 0.126. The van der Waals surface area contributed by atoms with Crippen molar-refractivity contribution in [2.45, 2.75) is 32.3 Å². The van der Waals surface area contributed by atoms with Crippen molar-refractivity contribution in [2.75, 3.05) is 30.4 Å². The molecule has 0 spiro atoms. The summed E-state index contributed by atoms with van der Waals surface area (Å²) in [5.41, 5.74) is 0.418. The van der Waals surface area contributed by atoms with E-state index in [9.17, 15) is 26.3 Å². The minimum atomic E-state index is -5.70. The van der Waals surface area contributed by atoms with Crippen LogP contribution in [0.3, 0.4) is 0 Å². The zero-order valence-electron chi connectivity index (χ0n) is 16.2. The SMILES string of the molecule is CCN(CC)c1nc(Nc2ccc(OC)cc2)nc(OC(C(F)(F)F)C(F)(F)F)n1. The molecule has 0 bridgehead atoms. The van der Waals surface area contributed by atoms with Crippen molar-refractivity contribution < 1.29 is 35.8 Å². The van der Waals surface area contributed by atoms with Crippen LogP contribution >= 0.6 is 0 Å². The first-order valence-corrected chi connectivity index (χ1v) is 8.70. The number of halogens is 6. The molecule has 0 aliphatic carbocycles. The van der Waals surface area contributed by atoms with Gasteiger partial charge in [-0.2, -0.15) is 41.3 Å². The third kappa shape index (κ3) is 6.00. The van der Waals surface area contributed by atoms with Crippen LogP contribution in [0.25, 0.3) is 0 Å². The minimum absolute atomic E-state index is 0.135. The van der Waals surface area contributed by atoms with E-state index in [2.05, 4.69) is 25.0 Å². The van der Waals surface area contributed by atoms with E-state index in [-0.39, 0.29) is 11.9 Å². The number of nitrogens with one attached hydrogen (secondary N) is 1. The molecular formula is C17H19F6N5O2. The molecule has 7 nitrogen and oxygen atoms in total. The van der Waals surface area contributed by atoms with Crippen LogP contribution in [0.2, 0.25) is 0 Å². The van der Waals surface area contributed by atoms with E-state index in [1.165, 1.54) is 12.0 Å². The average Bonchev–Trinajstić information content (AvgIpc) is 2.66. The maximum atomic E-state index is 12.9. The molecule has 0 atom stereocenters. The molecule has 1 aromatic heterocycles. The summed E-state index contributed by atoms with van der Waals surface area (Å²) in [6.45, 7) is 4.14. The van der Waals surface area contributed by atoms with Crippen molar-refractivity contribution >= 4 is 17.6 Å². The van der Waals surface area contributed by atoms with Gasteiger partial charge in [0.2, 0.25) is 11.9 Å². The Morgan fingerprint density at radius 1 is 0.933 bits per heavy atom. The molecule has 13 heteroatoms. The molecule has 0 radical (unpaired) electrons. The number of benzene rings is 1. The summed E-state index contributed by atoms with van der Waals surface area (Å²) in [6.07, 6.45) is -15.5. The van der Waals surface area contributed by atoms with Gasteiger partial charge < -0.3 is 19.7 Å². The number of nitrogens with zero attached hydrogens (tertiary/aromatic N) is 4. The topological polar surface area (TPSA) is 72.4 Å². The van der Waals surface area contributed by atoms with Crippen molar-refractivity contribution in [1.82, 2.24) is 15.0 Å². The first-order chi connectivity index (χ1) is 14.0. The van der Waals surface area contributed by atoms with Crippen LogP contribution < -0.4 is 19.7 Å². The predicted octanol–water partition coefficient (Wildman–Crippen LogP) is 4.34. The number of ether oxygens (including phenoxy) is 2. The van der Waals surface area contributed by atoms with E-state index < -0.39 is 24.5 Å². The normalized spacial score (nSPS) is 12.1. The highest BCUT2D eigenvalue weighted by molar-refractivity contribution is 5.55. The number of alkyl halides is 6. The Kier molecular flexibility index (Phi) is 7.16. The van der Waals surface area contributed by atoms with Crippen LogP contribution in [0.15, 0.2) is 24.3 Å². The van der Waals surface area contributed by atoms with Gasteiger partial charge in [0.25, 0.3) is 6.10 Å². The molecule has 0 aliphatic rings. The van der Waals surface area contributed by atoms with Crippen molar-refractivity contribution in [1.29, 1.82) is 0 Å². The van der Waals surface area contributed by atoms with Gasteiger partial charge in [-0.1, -0.05) is 0 Å². The molecular weight excluding hydrogens is 420 g/mol. The Morgan fingerprint density at radius 3 is 1.97 bits per heavy atom. The van der Waals surface area contributed by atoms with Gasteiger partial charge in [0.15, 0.2) is 0 Å². The number of hydrogen-bond acceptors (Lipinski definition) is 7. The highest BCUT2D eigenvalue weighted by Crippen LogP contribution is 2.36. The fourth-order valence-electron chi connectivity index (χ4n) is 2.33.